The van der Waals surface area contributed by atoms with Crippen LogP contribution in [0, 0.1) is 25.2 Å². The molecule has 0 spiro atoms. The Morgan fingerprint density at radius 1 is 1.16 bits per heavy atom. The van der Waals surface area contributed by atoms with Crippen LogP contribution in [0.25, 0.3) is 11.4 Å². The number of hydrogen-bond donors (Lipinski definition) is 0. The van der Waals surface area contributed by atoms with Gasteiger partial charge in [0.1, 0.15) is 6.10 Å². The summed E-state index contributed by atoms with van der Waals surface area (Å²) in [6.45, 7) is 4.92. The van der Waals surface area contributed by atoms with Crippen LogP contribution in [-0.4, -0.2) is 45.0 Å². The Kier molecular flexibility index (Phi) is 5.89. The molecule has 4 rings (SSSR count). The van der Waals surface area contributed by atoms with E-state index in [0.29, 0.717) is 35.9 Å². The van der Waals surface area contributed by atoms with E-state index in [0.717, 1.165) is 29.5 Å². The summed E-state index contributed by atoms with van der Waals surface area (Å²) in [5, 5.41) is 9.23. The maximum atomic E-state index is 13.4. The molecule has 7 nitrogen and oxygen atoms in total. The lowest BCUT2D eigenvalue weighted by atomic mass is 10.0. The average molecular weight is 413 g/mol. The van der Waals surface area contributed by atoms with Crippen LogP contribution in [0.2, 0.25) is 0 Å². The maximum absolute atomic E-state index is 13.4. The molecule has 1 atom stereocenters. The van der Waals surface area contributed by atoms with Crippen molar-refractivity contribution >= 4 is 5.91 Å². The predicted molar refractivity (Wildman–Crippen MR) is 115 cm³/mol. The van der Waals surface area contributed by atoms with Gasteiger partial charge in [0.25, 0.3) is 5.91 Å². The Balaban J connectivity index is 1.56. The van der Waals surface area contributed by atoms with E-state index < -0.39 is 0 Å². The van der Waals surface area contributed by atoms with Crippen LogP contribution in [-0.2, 0) is 0 Å². The molecule has 1 amide bonds. The fourth-order valence-corrected chi connectivity index (χ4v) is 3.77. The molecule has 1 saturated heterocycles. The summed E-state index contributed by atoms with van der Waals surface area (Å²) >= 11 is 0. The highest BCUT2D eigenvalue weighted by atomic mass is 16.5. The summed E-state index contributed by atoms with van der Waals surface area (Å²) in [7, 11) is 0. The first-order valence-corrected chi connectivity index (χ1v) is 10.3. The van der Waals surface area contributed by atoms with Gasteiger partial charge >= 0.3 is 0 Å². The lowest BCUT2D eigenvalue weighted by molar-refractivity contribution is 0.0527. The van der Waals surface area contributed by atoms with E-state index in [1.807, 2.05) is 36.9 Å². The normalized spacial score (nSPS) is 15.9. The second-order valence-electron chi connectivity index (χ2n) is 7.66. The fourth-order valence-electron chi connectivity index (χ4n) is 3.77. The molecule has 0 saturated carbocycles. The zero-order valence-corrected chi connectivity index (χ0v) is 17.6. The van der Waals surface area contributed by atoms with E-state index in [4.69, 9.17) is 4.74 Å². The minimum Gasteiger partial charge on any atom is -0.472 e. The molecule has 1 aromatic carbocycles. The van der Waals surface area contributed by atoms with E-state index in [-0.39, 0.29) is 12.0 Å². The molecule has 3 heterocycles. The van der Waals surface area contributed by atoms with Crippen LogP contribution in [0.1, 0.15) is 39.9 Å². The van der Waals surface area contributed by atoms with Crippen molar-refractivity contribution in [2.24, 2.45) is 0 Å². The first-order chi connectivity index (χ1) is 15.1. The number of rotatable bonds is 4. The second-order valence-corrected chi connectivity index (χ2v) is 7.66. The van der Waals surface area contributed by atoms with E-state index in [1.165, 1.54) is 0 Å². The Morgan fingerprint density at radius 3 is 2.74 bits per heavy atom. The summed E-state index contributed by atoms with van der Waals surface area (Å²) < 4.78 is 6.10. The number of nitriles is 1. The molecule has 0 N–H and O–H groups in total. The number of ether oxygens (including phenoxy) is 1. The van der Waals surface area contributed by atoms with Gasteiger partial charge in [-0.1, -0.05) is 11.6 Å². The molecule has 2 aromatic heterocycles. The Hall–Kier alpha value is -3.79. The third kappa shape index (κ3) is 4.38. The van der Waals surface area contributed by atoms with Gasteiger partial charge in [-0.2, -0.15) is 5.26 Å². The highest BCUT2D eigenvalue weighted by molar-refractivity contribution is 6.00. The largest absolute Gasteiger partial charge is 0.472 e. The van der Waals surface area contributed by atoms with Crippen LogP contribution >= 0.6 is 0 Å². The van der Waals surface area contributed by atoms with Gasteiger partial charge in [-0.3, -0.25) is 4.79 Å². The fraction of sp³-hybridized carbons (Fsp3) is 0.292. The van der Waals surface area contributed by atoms with Crippen LogP contribution in [0.4, 0.5) is 0 Å². The van der Waals surface area contributed by atoms with Crippen LogP contribution < -0.4 is 4.74 Å². The minimum absolute atomic E-state index is 0.0637. The van der Waals surface area contributed by atoms with Gasteiger partial charge in [0.05, 0.1) is 23.7 Å². The van der Waals surface area contributed by atoms with Crippen molar-refractivity contribution in [1.29, 1.82) is 5.26 Å². The lowest BCUT2D eigenvalue weighted by Crippen LogP contribution is -2.44. The highest BCUT2D eigenvalue weighted by Gasteiger charge is 2.28. The number of piperidine rings is 1. The van der Waals surface area contributed by atoms with E-state index >= 15 is 0 Å². The molecule has 0 bridgehead atoms. The molecule has 1 fully saturated rings. The maximum Gasteiger partial charge on any atom is 0.254 e. The zero-order chi connectivity index (χ0) is 21.8. The van der Waals surface area contributed by atoms with Crippen LogP contribution in [0.3, 0.4) is 0 Å². The molecule has 1 aliphatic rings. The summed E-state index contributed by atoms with van der Waals surface area (Å²) in [6, 6.07) is 11.3. The Labute approximate surface area is 181 Å². The van der Waals surface area contributed by atoms with Gasteiger partial charge in [-0.05, 0) is 51.0 Å². The van der Waals surface area contributed by atoms with Gasteiger partial charge < -0.3 is 9.64 Å². The molecule has 31 heavy (non-hydrogen) atoms. The van der Waals surface area contributed by atoms with Gasteiger partial charge in [0.2, 0.25) is 5.88 Å². The number of carbonyl (C=O) groups is 1. The highest BCUT2D eigenvalue weighted by Crippen LogP contribution is 2.26. The Morgan fingerprint density at radius 2 is 1.97 bits per heavy atom. The minimum atomic E-state index is -0.181. The van der Waals surface area contributed by atoms with Crippen molar-refractivity contribution < 1.29 is 9.53 Å². The lowest BCUT2D eigenvalue weighted by Gasteiger charge is -2.33. The third-order valence-corrected chi connectivity index (χ3v) is 5.43. The van der Waals surface area contributed by atoms with Crippen molar-refractivity contribution in [2.75, 3.05) is 13.1 Å². The summed E-state index contributed by atoms with van der Waals surface area (Å²) in [4.78, 5) is 28.2. The van der Waals surface area contributed by atoms with Gasteiger partial charge in [0, 0.05) is 36.3 Å². The quantitative estimate of drug-likeness (QED) is 0.647. The first-order valence-electron chi connectivity index (χ1n) is 10.3. The number of nitrogens with zero attached hydrogens (tertiary/aromatic N) is 5. The molecule has 0 unspecified atom stereocenters. The predicted octanol–water partition coefficient (Wildman–Crippen LogP) is 3.71. The van der Waals surface area contributed by atoms with Gasteiger partial charge in [-0.25, -0.2) is 15.0 Å². The van der Waals surface area contributed by atoms with E-state index in [9.17, 15) is 10.1 Å². The number of benzene rings is 1. The van der Waals surface area contributed by atoms with E-state index in [2.05, 4.69) is 21.0 Å². The molecule has 156 valence electrons. The average Bonchev–Trinajstić information content (AvgIpc) is 2.81. The van der Waals surface area contributed by atoms with Gasteiger partial charge in [-0.15, -0.1) is 0 Å². The number of aromatic nitrogens is 3. The number of likely N-dealkylation sites (tertiary alicyclic amines) is 1. The second kappa shape index (κ2) is 8.92. The Bertz CT molecular complexity index is 1140. The van der Waals surface area contributed by atoms with Crippen molar-refractivity contribution in [3.05, 3.63) is 71.2 Å². The van der Waals surface area contributed by atoms with Crippen molar-refractivity contribution in [2.45, 2.75) is 32.8 Å². The van der Waals surface area contributed by atoms with Crippen LogP contribution in [0.5, 0.6) is 5.88 Å². The summed E-state index contributed by atoms with van der Waals surface area (Å²) in [6.07, 6.45) is 6.40. The number of pyridine rings is 1. The van der Waals surface area contributed by atoms with E-state index in [1.54, 1.807) is 30.7 Å². The number of carbonyl (C=O) groups excluding carboxylic acids is 1. The molecule has 3 aromatic rings. The standard InChI is InChI=1S/C24H23N5O2/c1-16-6-7-20(21(13-16)22-26-9-4-10-27-22)24(30)29-12-3-5-19(15-29)31-23-17(2)18(14-25)8-11-28-23/h4,6-11,13,19H,3,5,12,15H2,1-2H3/t19-/m1/s1. The molecular weight excluding hydrogens is 390 g/mol. The molecule has 1 aliphatic heterocycles. The van der Waals surface area contributed by atoms with Crippen molar-refractivity contribution in [3.8, 4) is 23.3 Å². The molecule has 7 heteroatoms. The SMILES string of the molecule is Cc1ccc(C(=O)N2CCC[C@@H](Oc3nccc(C#N)c3C)C2)c(-c2ncccn2)c1. The first kappa shape index (κ1) is 20.5. The number of amides is 1. The number of aryl methyl sites for hydroxylation is 1. The third-order valence-electron chi connectivity index (χ3n) is 5.43. The smallest absolute Gasteiger partial charge is 0.254 e. The van der Waals surface area contributed by atoms with Crippen molar-refractivity contribution in [1.82, 2.24) is 19.9 Å². The molecular formula is C24H23N5O2. The van der Waals surface area contributed by atoms with Crippen LogP contribution in [0.15, 0.2) is 48.9 Å². The molecule has 0 radical (unpaired) electrons. The number of hydrogen-bond acceptors (Lipinski definition) is 6. The zero-order valence-electron chi connectivity index (χ0n) is 17.6. The van der Waals surface area contributed by atoms with Crippen molar-refractivity contribution in [3.63, 3.8) is 0 Å². The summed E-state index contributed by atoms with van der Waals surface area (Å²) in [5.41, 5.74) is 3.61. The monoisotopic (exact) mass is 413 g/mol. The molecule has 0 aliphatic carbocycles. The summed E-state index contributed by atoms with van der Waals surface area (Å²) in [5.74, 6) is 0.922. The van der Waals surface area contributed by atoms with Gasteiger partial charge in [0.15, 0.2) is 5.82 Å². The topological polar surface area (TPSA) is 92.0 Å².